The second-order valence-corrected chi connectivity index (χ2v) is 7.15. The Morgan fingerprint density at radius 2 is 1.96 bits per heavy atom. The third-order valence-electron chi connectivity index (χ3n) is 3.33. The molecule has 1 aromatic carbocycles. The summed E-state index contributed by atoms with van der Waals surface area (Å²) in [6.07, 6.45) is 0.799. The van der Waals surface area contributed by atoms with Crippen molar-refractivity contribution in [1.29, 1.82) is 0 Å². The topological polar surface area (TPSA) is 59.8 Å². The van der Waals surface area contributed by atoms with Crippen molar-refractivity contribution in [2.45, 2.75) is 39.2 Å². The van der Waals surface area contributed by atoms with Crippen LogP contribution in [0.25, 0.3) is 11.0 Å². The number of hydrogen-bond donors (Lipinski definition) is 0. The lowest BCUT2D eigenvalue weighted by atomic mass is 10.2. The number of ether oxygens (including phenoxy) is 1. The molecule has 0 N–H and O–H groups in total. The van der Waals surface area contributed by atoms with Gasteiger partial charge >= 0.3 is 5.97 Å². The predicted octanol–water partition coefficient (Wildman–Crippen LogP) is 4.28. The third-order valence-corrected chi connectivity index (χ3v) is 3.57. The van der Waals surface area contributed by atoms with E-state index in [1.54, 1.807) is 31.3 Å². The number of furan rings is 1. The van der Waals surface area contributed by atoms with E-state index >= 15 is 0 Å². The van der Waals surface area contributed by atoms with Gasteiger partial charge in [-0.15, -0.1) is 0 Å². The molecule has 6 heteroatoms. The van der Waals surface area contributed by atoms with Gasteiger partial charge in [-0.2, -0.15) is 0 Å². The van der Waals surface area contributed by atoms with E-state index in [0.29, 0.717) is 23.6 Å². The molecule has 0 aliphatic carbocycles. The van der Waals surface area contributed by atoms with Crippen molar-refractivity contribution in [3.05, 3.63) is 35.0 Å². The molecule has 0 saturated carbocycles. The molecule has 2 rings (SSSR count). The van der Waals surface area contributed by atoms with Gasteiger partial charge in [0, 0.05) is 30.4 Å². The first-order valence-corrected chi connectivity index (χ1v) is 8.20. The van der Waals surface area contributed by atoms with Gasteiger partial charge in [-0.25, -0.2) is 0 Å². The van der Waals surface area contributed by atoms with Crippen molar-refractivity contribution < 1.29 is 18.7 Å². The average Bonchev–Trinajstić information content (AvgIpc) is 2.87. The molecule has 24 heavy (non-hydrogen) atoms. The van der Waals surface area contributed by atoms with E-state index in [9.17, 15) is 9.59 Å². The molecule has 0 spiro atoms. The number of rotatable bonds is 5. The zero-order valence-electron chi connectivity index (χ0n) is 14.4. The Bertz CT molecular complexity index is 745. The largest absolute Gasteiger partial charge is 0.460 e. The van der Waals surface area contributed by atoms with Gasteiger partial charge in [-0.1, -0.05) is 11.6 Å². The fourth-order valence-electron chi connectivity index (χ4n) is 2.26. The van der Waals surface area contributed by atoms with Crippen LogP contribution >= 0.6 is 11.6 Å². The number of benzene rings is 1. The van der Waals surface area contributed by atoms with Gasteiger partial charge < -0.3 is 14.1 Å². The van der Waals surface area contributed by atoms with Crippen LogP contribution in [0.1, 0.15) is 44.2 Å². The number of carbonyl (C=O) groups excluding carboxylic acids is 2. The number of esters is 1. The molecule has 0 bridgehead atoms. The SMILES string of the molecule is CN(CCCC(=O)OC(C)(C)C)C(=O)c1cc2cc(Cl)ccc2o1. The molecule has 1 aromatic heterocycles. The molecule has 0 saturated heterocycles. The van der Waals surface area contributed by atoms with Crippen molar-refractivity contribution in [2.24, 2.45) is 0 Å². The Morgan fingerprint density at radius 3 is 2.62 bits per heavy atom. The van der Waals surface area contributed by atoms with E-state index < -0.39 is 5.60 Å². The normalized spacial score (nSPS) is 11.5. The van der Waals surface area contributed by atoms with E-state index in [1.807, 2.05) is 20.8 Å². The summed E-state index contributed by atoms with van der Waals surface area (Å²) < 4.78 is 10.8. The quantitative estimate of drug-likeness (QED) is 0.754. The van der Waals surface area contributed by atoms with Crippen LogP contribution in [0.15, 0.2) is 28.7 Å². The summed E-state index contributed by atoms with van der Waals surface area (Å²) in [6, 6.07) is 6.87. The molecule has 0 aliphatic rings. The number of nitrogens with zero attached hydrogens (tertiary/aromatic N) is 1. The number of fused-ring (bicyclic) bond motifs is 1. The van der Waals surface area contributed by atoms with Gasteiger partial charge in [0.1, 0.15) is 11.2 Å². The van der Waals surface area contributed by atoms with Crippen LogP contribution in [0.4, 0.5) is 0 Å². The summed E-state index contributed by atoms with van der Waals surface area (Å²) in [5.74, 6) is -0.236. The van der Waals surface area contributed by atoms with Gasteiger partial charge in [0.25, 0.3) is 5.91 Å². The third kappa shape index (κ3) is 4.99. The summed E-state index contributed by atoms with van der Waals surface area (Å²) in [4.78, 5) is 25.6. The minimum Gasteiger partial charge on any atom is -0.460 e. The summed E-state index contributed by atoms with van der Waals surface area (Å²) in [6.45, 7) is 5.92. The van der Waals surface area contributed by atoms with Gasteiger partial charge in [0.15, 0.2) is 5.76 Å². The Hall–Kier alpha value is -2.01. The standard InChI is InChI=1S/C18H22ClNO4/c1-18(2,3)24-16(21)6-5-9-20(4)17(22)15-11-12-10-13(19)7-8-14(12)23-15/h7-8,10-11H,5-6,9H2,1-4H3. The fourth-order valence-corrected chi connectivity index (χ4v) is 2.44. The Morgan fingerprint density at radius 1 is 1.25 bits per heavy atom. The first-order chi connectivity index (χ1) is 11.2. The predicted molar refractivity (Wildman–Crippen MR) is 93.3 cm³/mol. The summed E-state index contributed by atoms with van der Waals surface area (Å²) >= 11 is 5.93. The summed E-state index contributed by atoms with van der Waals surface area (Å²) in [5, 5.41) is 1.38. The molecular formula is C18H22ClNO4. The lowest BCUT2D eigenvalue weighted by Gasteiger charge is -2.20. The molecule has 5 nitrogen and oxygen atoms in total. The lowest BCUT2D eigenvalue weighted by molar-refractivity contribution is -0.154. The minimum absolute atomic E-state index is 0.230. The van der Waals surface area contributed by atoms with E-state index in [-0.39, 0.29) is 24.1 Å². The molecule has 0 atom stereocenters. The molecule has 2 aromatic rings. The average molecular weight is 352 g/mol. The van der Waals surface area contributed by atoms with E-state index in [1.165, 1.54) is 4.90 Å². The molecule has 0 aliphatic heterocycles. The highest BCUT2D eigenvalue weighted by Gasteiger charge is 2.19. The second kappa shape index (κ2) is 7.26. The van der Waals surface area contributed by atoms with E-state index in [2.05, 4.69) is 0 Å². The lowest BCUT2D eigenvalue weighted by Crippen LogP contribution is -2.28. The van der Waals surface area contributed by atoms with Crippen LogP contribution < -0.4 is 0 Å². The number of carbonyl (C=O) groups is 2. The Balaban J connectivity index is 1.90. The molecule has 1 amide bonds. The van der Waals surface area contributed by atoms with Crippen LogP contribution in [0.2, 0.25) is 5.02 Å². The minimum atomic E-state index is -0.492. The van der Waals surface area contributed by atoms with Crippen LogP contribution in [-0.4, -0.2) is 36.0 Å². The summed E-state index contributed by atoms with van der Waals surface area (Å²) in [5.41, 5.74) is 0.124. The zero-order chi connectivity index (χ0) is 17.9. The molecule has 0 radical (unpaired) electrons. The van der Waals surface area contributed by atoms with Gasteiger partial charge in [-0.05, 0) is 51.5 Å². The van der Waals surface area contributed by atoms with Crippen molar-refractivity contribution in [3.63, 3.8) is 0 Å². The number of hydrogen-bond acceptors (Lipinski definition) is 4. The highest BCUT2D eigenvalue weighted by molar-refractivity contribution is 6.31. The van der Waals surface area contributed by atoms with E-state index in [0.717, 1.165) is 5.39 Å². The maximum atomic E-state index is 12.4. The van der Waals surface area contributed by atoms with Crippen LogP contribution in [0.5, 0.6) is 0 Å². The number of amides is 1. The van der Waals surface area contributed by atoms with Crippen molar-refractivity contribution >= 4 is 34.4 Å². The second-order valence-electron chi connectivity index (χ2n) is 6.71. The number of halogens is 1. The monoisotopic (exact) mass is 351 g/mol. The fraction of sp³-hybridized carbons (Fsp3) is 0.444. The van der Waals surface area contributed by atoms with Gasteiger partial charge in [0.2, 0.25) is 0 Å². The maximum Gasteiger partial charge on any atom is 0.306 e. The van der Waals surface area contributed by atoms with E-state index in [4.69, 9.17) is 20.8 Å². The molecule has 0 fully saturated rings. The highest BCUT2D eigenvalue weighted by Crippen LogP contribution is 2.23. The first-order valence-electron chi connectivity index (χ1n) is 7.82. The van der Waals surface area contributed by atoms with Gasteiger partial charge in [0.05, 0.1) is 0 Å². The van der Waals surface area contributed by atoms with Crippen LogP contribution in [0, 0.1) is 0 Å². The Kier molecular flexibility index (Phi) is 5.54. The first kappa shape index (κ1) is 18.3. The molecule has 130 valence electrons. The van der Waals surface area contributed by atoms with Gasteiger partial charge in [-0.3, -0.25) is 9.59 Å². The zero-order valence-corrected chi connectivity index (χ0v) is 15.1. The smallest absolute Gasteiger partial charge is 0.306 e. The molecular weight excluding hydrogens is 330 g/mol. The Labute approximate surface area is 146 Å². The van der Waals surface area contributed by atoms with Crippen LogP contribution in [-0.2, 0) is 9.53 Å². The molecule has 1 heterocycles. The molecule has 0 unspecified atom stereocenters. The summed E-state index contributed by atoms with van der Waals surface area (Å²) in [7, 11) is 1.68. The van der Waals surface area contributed by atoms with Crippen molar-refractivity contribution in [1.82, 2.24) is 4.90 Å². The van der Waals surface area contributed by atoms with Crippen molar-refractivity contribution in [2.75, 3.05) is 13.6 Å². The van der Waals surface area contributed by atoms with Crippen molar-refractivity contribution in [3.8, 4) is 0 Å². The highest BCUT2D eigenvalue weighted by atomic mass is 35.5. The maximum absolute atomic E-state index is 12.4. The van der Waals surface area contributed by atoms with Crippen LogP contribution in [0.3, 0.4) is 0 Å².